The van der Waals surface area contributed by atoms with Crippen LogP contribution in [0.3, 0.4) is 0 Å². The number of carbonyl (C=O) groups is 1. The van der Waals surface area contributed by atoms with Crippen LogP contribution < -0.4 is 10.6 Å². The van der Waals surface area contributed by atoms with Gasteiger partial charge in [-0.2, -0.15) is 5.10 Å². The van der Waals surface area contributed by atoms with E-state index in [4.69, 9.17) is 0 Å². The van der Waals surface area contributed by atoms with Gasteiger partial charge in [-0.1, -0.05) is 36.4 Å². The van der Waals surface area contributed by atoms with Crippen molar-refractivity contribution in [2.75, 3.05) is 13.1 Å². The zero-order valence-corrected chi connectivity index (χ0v) is 14.1. The molecule has 0 aliphatic rings. The van der Waals surface area contributed by atoms with Crippen molar-refractivity contribution in [3.8, 4) is 0 Å². The van der Waals surface area contributed by atoms with Crippen molar-refractivity contribution in [2.24, 2.45) is 0 Å². The minimum atomic E-state index is -0.153. The molecule has 0 bridgehead atoms. The van der Waals surface area contributed by atoms with E-state index >= 15 is 0 Å². The Morgan fingerprint density at radius 1 is 1.12 bits per heavy atom. The number of thiophene rings is 1. The van der Waals surface area contributed by atoms with Gasteiger partial charge in [0, 0.05) is 30.4 Å². The molecule has 6 heteroatoms. The zero-order chi connectivity index (χ0) is 16.6. The number of carbonyl (C=O) groups excluding carboxylic acids is 1. The van der Waals surface area contributed by atoms with Crippen molar-refractivity contribution < 1.29 is 4.79 Å². The van der Waals surface area contributed by atoms with Crippen LogP contribution in [0.25, 0.3) is 0 Å². The van der Waals surface area contributed by atoms with E-state index in [9.17, 15) is 4.79 Å². The van der Waals surface area contributed by atoms with Crippen LogP contribution in [0.4, 0.5) is 4.79 Å². The number of aromatic nitrogens is 2. The van der Waals surface area contributed by atoms with Gasteiger partial charge in [0.15, 0.2) is 0 Å². The van der Waals surface area contributed by atoms with E-state index in [1.807, 2.05) is 46.6 Å². The molecule has 0 fully saturated rings. The van der Waals surface area contributed by atoms with Gasteiger partial charge < -0.3 is 10.6 Å². The lowest BCUT2D eigenvalue weighted by atomic mass is 10.1. The lowest BCUT2D eigenvalue weighted by Crippen LogP contribution is -2.39. The monoisotopic (exact) mass is 340 g/mol. The maximum Gasteiger partial charge on any atom is 0.314 e. The molecule has 2 N–H and O–H groups in total. The molecular weight excluding hydrogens is 320 g/mol. The second-order valence-corrected chi connectivity index (χ2v) is 6.37. The maximum absolute atomic E-state index is 12.0. The smallest absolute Gasteiger partial charge is 0.314 e. The average molecular weight is 340 g/mol. The number of benzene rings is 1. The topological polar surface area (TPSA) is 59.0 Å². The molecule has 24 heavy (non-hydrogen) atoms. The average Bonchev–Trinajstić information content (AvgIpc) is 3.30. The van der Waals surface area contributed by atoms with Crippen molar-refractivity contribution >= 4 is 17.4 Å². The molecule has 0 radical (unpaired) electrons. The predicted molar refractivity (Wildman–Crippen MR) is 96.2 cm³/mol. The molecule has 0 saturated heterocycles. The Hall–Kier alpha value is -2.60. The molecule has 0 saturated carbocycles. The third-order valence-corrected chi connectivity index (χ3v) is 4.69. The Morgan fingerprint density at radius 3 is 2.71 bits per heavy atom. The quantitative estimate of drug-likeness (QED) is 0.694. The molecular formula is C18H20N4OS. The summed E-state index contributed by atoms with van der Waals surface area (Å²) in [5.41, 5.74) is 1.21. The molecule has 124 valence electrons. The van der Waals surface area contributed by atoms with Gasteiger partial charge in [0.2, 0.25) is 0 Å². The predicted octanol–water partition coefficient (Wildman–Crippen LogP) is 3.08. The van der Waals surface area contributed by atoms with E-state index in [-0.39, 0.29) is 12.1 Å². The van der Waals surface area contributed by atoms with Crippen LogP contribution in [0.5, 0.6) is 0 Å². The molecule has 5 nitrogen and oxygen atoms in total. The Morgan fingerprint density at radius 2 is 2.00 bits per heavy atom. The van der Waals surface area contributed by atoms with Crippen LogP contribution in [-0.4, -0.2) is 28.9 Å². The lowest BCUT2D eigenvalue weighted by molar-refractivity contribution is 0.239. The van der Waals surface area contributed by atoms with Crippen LogP contribution in [0.2, 0.25) is 0 Å². The van der Waals surface area contributed by atoms with Crippen LogP contribution in [0.1, 0.15) is 16.5 Å². The number of hydrogen-bond acceptors (Lipinski definition) is 3. The largest absolute Gasteiger partial charge is 0.338 e. The fourth-order valence-electron chi connectivity index (χ4n) is 2.49. The van der Waals surface area contributed by atoms with E-state index in [2.05, 4.69) is 33.9 Å². The number of urea groups is 1. The Kier molecular flexibility index (Phi) is 5.63. The van der Waals surface area contributed by atoms with Crippen molar-refractivity contribution in [1.82, 2.24) is 20.4 Å². The molecule has 1 unspecified atom stereocenters. The number of nitrogens with zero attached hydrogens (tertiary/aromatic N) is 2. The minimum absolute atomic E-state index is 0.0138. The maximum atomic E-state index is 12.0. The van der Waals surface area contributed by atoms with E-state index in [0.717, 1.165) is 6.42 Å². The van der Waals surface area contributed by atoms with Crippen molar-refractivity contribution in [3.05, 3.63) is 76.7 Å². The second kappa shape index (κ2) is 8.31. The van der Waals surface area contributed by atoms with Gasteiger partial charge in [-0.3, -0.25) is 4.68 Å². The molecule has 2 aromatic heterocycles. The van der Waals surface area contributed by atoms with Crippen LogP contribution in [0.15, 0.2) is 66.3 Å². The van der Waals surface area contributed by atoms with Crippen LogP contribution in [-0.2, 0) is 6.42 Å². The number of hydrogen-bond donors (Lipinski definition) is 2. The number of amides is 2. The Balaban J connectivity index is 1.49. The molecule has 0 aliphatic carbocycles. The fourth-order valence-corrected chi connectivity index (χ4v) is 3.31. The summed E-state index contributed by atoms with van der Waals surface area (Å²) in [6.45, 7) is 1.11. The van der Waals surface area contributed by atoms with Gasteiger partial charge in [-0.25, -0.2) is 4.79 Å². The van der Waals surface area contributed by atoms with Gasteiger partial charge in [-0.15, -0.1) is 11.3 Å². The highest BCUT2D eigenvalue weighted by Crippen LogP contribution is 2.21. The summed E-state index contributed by atoms with van der Waals surface area (Å²) in [5, 5.41) is 12.2. The van der Waals surface area contributed by atoms with Crippen LogP contribution >= 0.6 is 11.3 Å². The molecule has 3 aromatic rings. The summed E-state index contributed by atoms with van der Waals surface area (Å²) < 4.78 is 1.87. The molecule has 2 heterocycles. The zero-order valence-electron chi connectivity index (χ0n) is 13.3. The summed E-state index contributed by atoms with van der Waals surface area (Å²) in [4.78, 5) is 13.2. The lowest BCUT2D eigenvalue weighted by Gasteiger charge is -2.17. The van der Waals surface area contributed by atoms with E-state index in [0.29, 0.717) is 13.1 Å². The first kappa shape index (κ1) is 16.3. The van der Waals surface area contributed by atoms with Gasteiger partial charge in [-0.05, 0) is 29.5 Å². The van der Waals surface area contributed by atoms with Crippen LogP contribution in [0, 0.1) is 0 Å². The SMILES string of the molecule is O=C(NCCc1ccccc1)NCC(c1cccs1)n1cccn1. The molecule has 2 amide bonds. The molecule has 3 rings (SSSR count). The van der Waals surface area contributed by atoms with E-state index < -0.39 is 0 Å². The molecule has 0 aliphatic heterocycles. The summed E-state index contributed by atoms with van der Waals surface area (Å²) in [6, 6.07) is 15.9. The summed E-state index contributed by atoms with van der Waals surface area (Å²) in [6.07, 6.45) is 4.49. The molecule has 1 aromatic carbocycles. The van der Waals surface area contributed by atoms with Gasteiger partial charge in [0.25, 0.3) is 0 Å². The first-order valence-electron chi connectivity index (χ1n) is 7.91. The minimum Gasteiger partial charge on any atom is -0.338 e. The molecule has 1 atom stereocenters. The summed E-state index contributed by atoms with van der Waals surface area (Å²) in [5.74, 6) is 0. The fraction of sp³-hybridized carbons (Fsp3) is 0.222. The highest BCUT2D eigenvalue weighted by Gasteiger charge is 2.16. The third-order valence-electron chi connectivity index (χ3n) is 3.71. The third kappa shape index (κ3) is 4.45. The van der Waals surface area contributed by atoms with E-state index in [1.54, 1.807) is 17.5 Å². The van der Waals surface area contributed by atoms with E-state index in [1.165, 1.54) is 10.4 Å². The Bertz CT molecular complexity index is 691. The summed E-state index contributed by atoms with van der Waals surface area (Å²) in [7, 11) is 0. The van der Waals surface area contributed by atoms with Gasteiger partial charge in [0.1, 0.15) is 6.04 Å². The van der Waals surface area contributed by atoms with Crippen molar-refractivity contribution in [2.45, 2.75) is 12.5 Å². The number of nitrogens with one attached hydrogen (secondary N) is 2. The highest BCUT2D eigenvalue weighted by molar-refractivity contribution is 7.10. The first-order chi connectivity index (χ1) is 11.8. The van der Waals surface area contributed by atoms with Gasteiger partial charge >= 0.3 is 6.03 Å². The first-order valence-corrected chi connectivity index (χ1v) is 8.79. The number of rotatable bonds is 7. The van der Waals surface area contributed by atoms with Gasteiger partial charge in [0.05, 0.1) is 0 Å². The van der Waals surface area contributed by atoms with Crippen molar-refractivity contribution in [3.63, 3.8) is 0 Å². The second-order valence-electron chi connectivity index (χ2n) is 5.39. The summed E-state index contributed by atoms with van der Waals surface area (Å²) >= 11 is 1.66. The molecule has 0 spiro atoms. The highest BCUT2D eigenvalue weighted by atomic mass is 32.1. The van der Waals surface area contributed by atoms with Crippen molar-refractivity contribution in [1.29, 1.82) is 0 Å². The normalized spacial score (nSPS) is 11.8. The Labute approximate surface area is 145 Å². The standard InChI is InChI=1S/C18H20N4OS/c23-18(19-11-9-15-6-2-1-3-7-15)20-14-16(17-8-4-13-24-17)22-12-5-10-21-22/h1-8,10,12-13,16H,9,11,14H2,(H2,19,20,23).